The minimum atomic E-state index is -0.680. The first-order valence-electron chi connectivity index (χ1n) is 22.2. The molecule has 8 rings (SSSR count). The number of benzene rings is 4. The monoisotopic (exact) mass is 942 g/mol. The van der Waals surface area contributed by atoms with Crippen LogP contribution in [0, 0.1) is 23.3 Å². The minimum absolute atomic E-state index is 0.275. The summed E-state index contributed by atoms with van der Waals surface area (Å²) in [6, 6.07) is 12.5. The highest BCUT2D eigenvalue weighted by Gasteiger charge is 2.22. The van der Waals surface area contributed by atoms with Crippen molar-refractivity contribution >= 4 is 56.9 Å². The lowest BCUT2D eigenvalue weighted by Gasteiger charge is -2.28. The number of fused-ring (bicyclic) bond motifs is 2. The predicted octanol–water partition coefficient (Wildman–Crippen LogP) is 6.59. The summed E-state index contributed by atoms with van der Waals surface area (Å²) in [6.45, 7) is 10.4. The van der Waals surface area contributed by atoms with Gasteiger partial charge >= 0.3 is 0 Å². The Hall–Kier alpha value is -6.74. The lowest BCUT2D eigenvalue weighted by molar-refractivity contribution is 0.0929. The Morgan fingerprint density at radius 1 is 0.588 bits per heavy atom. The molecular weight excluding hydrogens is 889 g/mol. The maximum absolute atomic E-state index is 13.7. The van der Waals surface area contributed by atoms with E-state index < -0.39 is 35.4 Å². The Kier molecular flexibility index (Phi) is 16.9. The van der Waals surface area contributed by atoms with Crippen LogP contribution in [-0.4, -0.2) is 125 Å². The van der Waals surface area contributed by atoms with E-state index in [0.29, 0.717) is 135 Å². The molecule has 2 aliphatic rings. The third-order valence-electron chi connectivity index (χ3n) is 11.1. The number of carbonyl (C=O) groups is 2. The quantitative estimate of drug-likeness (QED) is 0.0604. The van der Waals surface area contributed by atoms with Gasteiger partial charge in [-0.1, -0.05) is 0 Å². The highest BCUT2D eigenvalue weighted by atomic mass is 19.1. The molecule has 16 nitrogen and oxygen atoms in total. The number of anilines is 4. The first kappa shape index (κ1) is 49.2. The van der Waals surface area contributed by atoms with Gasteiger partial charge in [0.2, 0.25) is 0 Å². The lowest BCUT2D eigenvalue weighted by Crippen LogP contribution is -2.36. The second kappa shape index (κ2) is 23.3. The molecule has 0 aliphatic carbocycles. The third-order valence-corrected chi connectivity index (χ3v) is 11.1. The van der Waals surface area contributed by atoms with Crippen LogP contribution in [0.4, 0.5) is 40.6 Å². The zero-order chi connectivity index (χ0) is 48.2. The average Bonchev–Trinajstić information content (AvgIpc) is 3.33. The Morgan fingerprint density at radius 2 is 0.956 bits per heavy atom. The van der Waals surface area contributed by atoms with Crippen LogP contribution in [-0.2, 0) is 18.9 Å². The molecule has 4 heterocycles. The van der Waals surface area contributed by atoms with Crippen LogP contribution >= 0.6 is 0 Å². The number of amides is 2. The lowest BCUT2D eigenvalue weighted by atomic mass is 10.0. The summed E-state index contributed by atoms with van der Waals surface area (Å²) in [4.78, 5) is 48.5. The molecule has 4 aromatic carbocycles. The minimum Gasteiger partial charge on any atom is -0.383 e. The third kappa shape index (κ3) is 12.8. The fourth-order valence-electron chi connectivity index (χ4n) is 7.74. The first-order valence-corrected chi connectivity index (χ1v) is 22.2. The van der Waals surface area contributed by atoms with E-state index in [1.165, 1.54) is 24.3 Å². The van der Waals surface area contributed by atoms with Crippen molar-refractivity contribution in [2.75, 3.05) is 114 Å². The van der Waals surface area contributed by atoms with Crippen LogP contribution < -0.4 is 31.1 Å². The molecule has 2 saturated heterocycles. The Morgan fingerprint density at radius 3 is 1.31 bits per heavy atom. The standard InChI is InChI=1S/2C24H27F2N5O3/c2*1-15(29-19-12-17(25)11-18(26)13-19)20-9-16(24(32)27-3-6-33-2)10-21-23(20)30-22(14-28-21)31-4-7-34-8-5-31/h2*9-15,29H,3-8H2,1-2H3,(H,27,32). The van der Waals surface area contributed by atoms with Crippen molar-refractivity contribution in [3.05, 3.63) is 119 Å². The molecule has 68 heavy (non-hydrogen) atoms. The summed E-state index contributed by atoms with van der Waals surface area (Å²) in [5.41, 5.74) is 5.05. The number of hydrogen-bond donors (Lipinski definition) is 4. The molecule has 20 heteroatoms. The van der Waals surface area contributed by atoms with Crippen LogP contribution in [0.2, 0.25) is 0 Å². The normalized spacial score (nSPS) is 14.8. The topological polar surface area (TPSA) is 177 Å². The highest BCUT2D eigenvalue weighted by Crippen LogP contribution is 2.31. The van der Waals surface area contributed by atoms with Crippen LogP contribution in [0.3, 0.4) is 0 Å². The Balaban J connectivity index is 0.000000201. The number of morpholine rings is 2. The number of halogens is 4. The average molecular weight is 943 g/mol. The van der Waals surface area contributed by atoms with Gasteiger partial charge in [-0.15, -0.1) is 0 Å². The summed E-state index contributed by atoms with van der Waals surface area (Å²) in [5, 5.41) is 11.8. The number of hydrogen-bond acceptors (Lipinski definition) is 14. The summed E-state index contributed by atoms with van der Waals surface area (Å²) >= 11 is 0. The van der Waals surface area contributed by atoms with Crippen molar-refractivity contribution in [3.8, 4) is 0 Å². The fourth-order valence-corrected chi connectivity index (χ4v) is 7.74. The van der Waals surface area contributed by atoms with Gasteiger partial charge in [-0.25, -0.2) is 27.5 Å². The number of nitrogens with zero attached hydrogens (tertiary/aromatic N) is 6. The summed E-state index contributed by atoms with van der Waals surface area (Å²) in [5.74, 6) is -1.86. The number of methoxy groups -OCH3 is 2. The van der Waals surface area contributed by atoms with Crippen molar-refractivity contribution in [3.63, 3.8) is 0 Å². The molecule has 2 unspecified atom stereocenters. The van der Waals surface area contributed by atoms with Crippen LogP contribution in [0.1, 0.15) is 57.8 Å². The van der Waals surface area contributed by atoms with E-state index in [9.17, 15) is 27.2 Å². The molecule has 0 saturated carbocycles. The molecule has 2 atom stereocenters. The van der Waals surface area contributed by atoms with Gasteiger partial charge in [-0.05, 0) is 62.4 Å². The number of carbonyl (C=O) groups excluding carboxylic acids is 2. The molecule has 2 fully saturated rings. The van der Waals surface area contributed by atoms with Crippen LogP contribution in [0.5, 0.6) is 0 Å². The van der Waals surface area contributed by atoms with E-state index >= 15 is 0 Å². The van der Waals surface area contributed by atoms with E-state index in [0.717, 1.165) is 12.1 Å². The first-order chi connectivity index (χ1) is 32.9. The summed E-state index contributed by atoms with van der Waals surface area (Å²) in [7, 11) is 3.12. The summed E-state index contributed by atoms with van der Waals surface area (Å²) < 4.78 is 75.8. The van der Waals surface area contributed by atoms with Crippen LogP contribution in [0.15, 0.2) is 73.1 Å². The Bertz CT molecular complexity index is 2480. The van der Waals surface area contributed by atoms with Gasteiger partial charge < -0.3 is 50.0 Å². The highest BCUT2D eigenvalue weighted by molar-refractivity contribution is 5.99. The van der Waals surface area contributed by atoms with Gasteiger partial charge in [-0.3, -0.25) is 19.6 Å². The van der Waals surface area contributed by atoms with Gasteiger partial charge in [0.05, 0.1) is 86.2 Å². The van der Waals surface area contributed by atoms with Gasteiger partial charge in [0, 0.05) is 99.2 Å². The van der Waals surface area contributed by atoms with Crippen molar-refractivity contribution < 1.29 is 46.1 Å². The molecule has 0 bridgehead atoms. The number of rotatable bonds is 16. The van der Waals surface area contributed by atoms with Gasteiger partial charge in [0.25, 0.3) is 11.8 Å². The second-order valence-corrected chi connectivity index (χ2v) is 16.1. The van der Waals surface area contributed by atoms with E-state index in [-0.39, 0.29) is 23.2 Å². The largest absolute Gasteiger partial charge is 0.383 e. The van der Waals surface area contributed by atoms with Crippen LogP contribution in [0.25, 0.3) is 22.1 Å². The van der Waals surface area contributed by atoms with Gasteiger partial charge in [-0.2, -0.15) is 0 Å². The molecule has 4 N–H and O–H groups in total. The van der Waals surface area contributed by atoms with E-state index in [1.54, 1.807) is 50.9 Å². The molecule has 0 radical (unpaired) electrons. The Labute approximate surface area is 390 Å². The predicted molar refractivity (Wildman–Crippen MR) is 250 cm³/mol. The van der Waals surface area contributed by atoms with Crippen molar-refractivity contribution in [1.82, 2.24) is 30.6 Å². The molecule has 2 aliphatic heterocycles. The number of nitrogens with one attached hydrogen (secondary N) is 4. The van der Waals surface area contributed by atoms with E-state index in [4.69, 9.17) is 28.9 Å². The smallest absolute Gasteiger partial charge is 0.251 e. The SMILES string of the molecule is COCCNC(=O)c1cc(C(C)Nc2cc(F)cc(F)c2)c2nc(N3CCOCC3)cnc2c1.COCCNC(=O)c1cc(C(C)Nc2cc(F)cc(F)c2)c2nc(N3CCOCC3)cnc2c1. The van der Waals surface area contributed by atoms with Crippen molar-refractivity contribution in [2.45, 2.75) is 25.9 Å². The van der Waals surface area contributed by atoms with Gasteiger partial charge in [0.15, 0.2) is 0 Å². The van der Waals surface area contributed by atoms with Gasteiger partial charge in [0.1, 0.15) is 34.9 Å². The molecule has 2 amide bonds. The zero-order valence-corrected chi connectivity index (χ0v) is 38.2. The summed E-state index contributed by atoms with van der Waals surface area (Å²) in [6.07, 6.45) is 3.37. The number of aromatic nitrogens is 4. The molecular formula is C48H54F4N10O6. The molecule has 6 aromatic rings. The van der Waals surface area contributed by atoms with Crippen molar-refractivity contribution in [2.24, 2.45) is 0 Å². The van der Waals surface area contributed by atoms with E-state index in [2.05, 4.69) is 41.0 Å². The van der Waals surface area contributed by atoms with E-state index in [1.807, 2.05) is 13.8 Å². The molecule has 360 valence electrons. The molecule has 0 spiro atoms. The zero-order valence-electron chi connectivity index (χ0n) is 38.2. The maximum atomic E-state index is 13.7. The van der Waals surface area contributed by atoms with Crippen molar-refractivity contribution in [1.29, 1.82) is 0 Å². The molecule has 2 aromatic heterocycles. The maximum Gasteiger partial charge on any atom is 0.251 e. The second-order valence-electron chi connectivity index (χ2n) is 16.1. The fraction of sp³-hybridized carbons (Fsp3) is 0.375. The number of ether oxygens (including phenoxy) is 4.